The molecule has 14 heteroatoms. The lowest BCUT2D eigenvalue weighted by Gasteiger charge is -2.16. The number of hydrogen-bond donors (Lipinski definition) is 2. The number of H-pyrrole nitrogens is 1. The molecular weight excluding hydrogens is 718 g/mol. The fourth-order valence-electron chi connectivity index (χ4n) is 6.75. The van der Waals surface area contributed by atoms with Gasteiger partial charge in [0.05, 0.1) is 35.8 Å². The number of esters is 1. The summed E-state index contributed by atoms with van der Waals surface area (Å²) in [5, 5.41) is 6.29. The van der Waals surface area contributed by atoms with Crippen LogP contribution in [0.5, 0.6) is 5.75 Å². The van der Waals surface area contributed by atoms with Gasteiger partial charge in [-0.3, -0.25) is 4.79 Å². The van der Waals surface area contributed by atoms with Crippen molar-refractivity contribution in [3.63, 3.8) is 0 Å². The van der Waals surface area contributed by atoms with E-state index < -0.39 is 21.8 Å². The number of carbonyl (C=O) groups is 2. The minimum Gasteiger partial charge on any atom is -0.497 e. The number of ether oxygens (including phenoxy) is 2. The number of methoxy groups -OCH3 is 2. The molecule has 0 saturated heterocycles. The minimum absolute atomic E-state index is 0.0697. The number of nitrogens with zero attached hydrogens (tertiary/aromatic N) is 3. The van der Waals surface area contributed by atoms with Gasteiger partial charge in [0.15, 0.2) is 5.01 Å². The molecule has 4 heterocycles. The zero-order valence-corrected chi connectivity index (χ0v) is 31.2. The van der Waals surface area contributed by atoms with Gasteiger partial charge in [-0.25, -0.2) is 26.6 Å². The summed E-state index contributed by atoms with van der Waals surface area (Å²) < 4.78 is 57.3. The standard InChI is InChI=1S/C39H36FN5O6S2/c1-22(2)33-34(29-20-25(50-4)21-31-27(29)10-14-44(31)16-12-41-37(46)38-42-13-17-52-38)36(39(47)51-5)43-35(33)30-18-24(40)19-32-28(30)11-15-45(32)53(48,49)26-8-6-23(3)7-9-26/h6-11,13-15,17-22,43H,12,16H2,1-5H3,(H,41,46). The molecule has 0 aliphatic heterocycles. The van der Waals surface area contributed by atoms with Crippen molar-refractivity contribution >= 4 is 55.0 Å². The lowest BCUT2D eigenvalue weighted by Crippen LogP contribution is -2.26. The maximum absolute atomic E-state index is 15.7. The molecule has 0 fully saturated rings. The van der Waals surface area contributed by atoms with Gasteiger partial charge < -0.3 is 24.3 Å². The minimum atomic E-state index is -4.07. The van der Waals surface area contributed by atoms with Gasteiger partial charge in [0.2, 0.25) is 0 Å². The van der Waals surface area contributed by atoms with E-state index in [9.17, 15) is 18.0 Å². The molecule has 1 amide bonds. The highest BCUT2D eigenvalue weighted by Crippen LogP contribution is 2.46. The molecule has 0 radical (unpaired) electrons. The normalized spacial score (nSPS) is 11.8. The number of amides is 1. The number of fused-ring (bicyclic) bond motifs is 2. The summed E-state index contributed by atoms with van der Waals surface area (Å²) >= 11 is 1.26. The number of halogens is 1. The van der Waals surface area contributed by atoms with Crippen LogP contribution in [0.2, 0.25) is 0 Å². The van der Waals surface area contributed by atoms with Crippen molar-refractivity contribution in [3.05, 3.63) is 112 Å². The number of aryl methyl sites for hydroxylation is 1. The van der Waals surface area contributed by atoms with Crippen LogP contribution in [0.4, 0.5) is 4.39 Å². The monoisotopic (exact) mass is 753 g/mol. The van der Waals surface area contributed by atoms with Crippen molar-refractivity contribution in [2.24, 2.45) is 0 Å². The molecule has 0 bridgehead atoms. The van der Waals surface area contributed by atoms with Crippen LogP contribution < -0.4 is 10.1 Å². The largest absolute Gasteiger partial charge is 0.497 e. The second kappa shape index (κ2) is 14.0. The molecule has 4 aromatic heterocycles. The fraction of sp³-hybridized carbons (Fsp3) is 0.205. The SMILES string of the molecule is COC(=O)c1[nH]c(-c2cc(F)cc3c2ccn3S(=O)(=O)c2ccc(C)cc2)c(C(C)C)c1-c1cc(OC)cc2c1ccn2CCNC(=O)c1nccs1. The summed E-state index contributed by atoms with van der Waals surface area (Å²) in [7, 11) is -1.23. The lowest BCUT2D eigenvalue weighted by molar-refractivity contribution is 0.0595. The van der Waals surface area contributed by atoms with E-state index in [2.05, 4.69) is 15.3 Å². The van der Waals surface area contributed by atoms with E-state index in [-0.39, 0.29) is 27.9 Å². The highest BCUT2D eigenvalue weighted by Gasteiger charge is 2.30. The predicted molar refractivity (Wildman–Crippen MR) is 203 cm³/mol. The van der Waals surface area contributed by atoms with E-state index in [1.54, 1.807) is 36.9 Å². The van der Waals surface area contributed by atoms with Crippen LogP contribution in [0.15, 0.2) is 89.5 Å². The number of carbonyl (C=O) groups excluding carboxylic acids is 2. The Morgan fingerprint density at radius 2 is 1.72 bits per heavy atom. The zero-order chi connectivity index (χ0) is 37.6. The van der Waals surface area contributed by atoms with Crippen LogP contribution in [-0.2, 0) is 21.3 Å². The molecule has 11 nitrogen and oxygen atoms in total. The highest BCUT2D eigenvalue weighted by molar-refractivity contribution is 7.90. The third-order valence-electron chi connectivity index (χ3n) is 9.22. The smallest absolute Gasteiger partial charge is 0.355 e. The van der Waals surface area contributed by atoms with Gasteiger partial charge >= 0.3 is 5.97 Å². The number of aromatic amines is 1. The summed E-state index contributed by atoms with van der Waals surface area (Å²) in [5.74, 6) is -1.23. The summed E-state index contributed by atoms with van der Waals surface area (Å²) in [6.07, 6.45) is 4.89. The van der Waals surface area contributed by atoms with Crippen molar-refractivity contribution < 1.29 is 31.9 Å². The zero-order valence-electron chi connectivity index (χ0n) is 29.6. The summed E-state index contributed by atoms with van der Waals surface area (Å²) in [6.45, 7) is 6.57. The molecule has 2 N–H and O–H groups in total. The molecule has 272 valence electrons. The lowest BCUT2D eigenvalue weighted by atomic mass is 9.89. The molecule has 0 unspecified atom stereocenters. The van der Waals surface area contributed by atoms with Crippen LogP contribution in [0.25, 0.3) is 44.2 Å². The first-order valence-corrected chi connectivity index (χ1v) is 19.1. The van der Waals surface area contributed by atoms with Gasteiger partial charge in [0, 0.05) is 65.0 Å². The van der Waals surface area contributed by atoms with Crippen LogP contribution >= 0.6 is 11.3 Å². The molecule has 0 saturated carbocycles. The first-order valence-electron chi connectivity index (χ1n) is 16.7. The molecule has 53 heavy (non-hydrogen) atoms. The van der Waals surface area contributed by atoms with Crippen LogP contribution in [0.3, 0.4) is 0 Å². The van der Waals surface area contributed by atoms with Gasteiger partial charge in [-0.05, 0) is 66.4 Å². The third-order valence-corrected chi connectivity index (χ3v) is 11.7. The van der Waals surface area contributed by atoms with Gasteiger partial charge in [-0.15, -0.1) is 11.3 Å². The van der Waals surface area contributed by atoms with Gasteiger partial charge in [-0.2, -0.15) is 0 Å². The number of hydrogen-bond acceptors (Lipinski definition) is 8. The van der Waals surface area contributed by atoms with Crippen molar-refractivity contribution in [3.8, 4) is 28.1 Å². The van der Waals surface area contributed by atoms with Gasteiger partial charge in [0.1, 0.15) is 17.3 Å². The Hall–Kier alpha value is -5.73. The summed E-state index contributed by atoms with van der Waals surface area (Å²) in [5.41, 5.74) is 4.74. The number of rotatable bonds is 11. The number of benzene rings is 3. The van der Waals surface area contributed by atoms with Gasteiger partial charge in [-0.1, -0.05) is 31.5 Å². The first-order chi connectivity index (χ1) is 25.4. The number of nitrogens with one attached hydrogen (secondary N) is 2. The Balaban J connectivity index is 1.39. The number of aromatic nitrogens is 4. The highest BCUT2D eigenvalue weighted by atomic mass is 32.2. The summed E-state index contributed by atoms with van der Waals surface area (Å²) in [6, 6.07) is 16.3. The molecule has 0 aliphatic carbocycles. The average Bonchev–Trinajstić information content (AvgIpc) is 3.96. The Labute approximate surface area is 309 Å². The van der Waals surface area contributed by atoms with Crippen LogP contribution in [-0.4, -0.2) is 59.6 Å². The van der Waals surface area contributed by atoms with Crippen LogP contribution in [0.1, 0.15) is 51.2 Å². The fourth-order valence-corrected chi connectivity index (χ4v) is 8.64. The Morgan fingerprint density at radius 3 is 2.40 bits per heavy atom. The van der Waals surface area contributed by atoms with E-state index in [4.69, 9.17) is 9.47 Å². The Kier molecular flexibility index (Phi) is 9.43. The average molecular weight is 754 g/mol. The molecule has 0 aliphatic rings. The van der Waals surface area contributed by atoms with E-state index in [1.165, 1.54) is 48.9 Å². The molecular formula is C39H36FN5O6S2. The topological polar surface area (TPSA) is 137 Å². The van der Waals surface area contributed by atoms with E-state index in [0.717, 1.165) is 20.4 Å². The number of thiazole rings is 1. The quantitative estimate of drug-likeness (QED) is 0.129. The van der Waals surface area contributed by atoms with E-state index >= 15 is 4.39 Å². The second-order valence-electron chi connectivity index (χ2n) is 12.8. The Morgan fingerprint density at radius 1 is 0.981 bits per heavy atom. The second-order valence-corrected chi connectivity index (χ2v) is 15.5. The third kappa shape index (κ3) is 6.37. The van der Waals surface area contributed by atoms with Crippen LogP contribution in [0, 0.1) is 12.7 Å². The van der Waals surface area contributed by atoms with Crippen molar-refractivity contribution in [1.29, 1.82) is 0 Å². The van der Waals surface area contributed by atoms with Crippen molar-refractivity contribution in [1.82, 2.24) is 23.8 Å². The van der Waals surface area contributed by atoms with Crippen molar-refractivity contribution in [2.45, 2.75) is 38.1 Å². The molecule has 7 aromatic rings. The predicted octanol–water partition coefficient (Wildman–Crippen LogP) is 7.75. The van der Waals surface area contributed by atoms with E-state index in [0.29, 0.717) is 57.2 Å². The summed E-state index contributed by atoms with van der Waals surface area (Å²) in [4.78, 5) is 33.5. The first kappa shape index (κ1) is 35.7. The molecule has 0 spiro atoms. The molecule has 7 rings (SSSR count). The maximum Gasteiger partial charge on any atom is 0.355 e. The maximum atomic E-state index is 15.7. The van der Waals surface area contributed by atoms with Crippen molar-refractivity contribution in [2.75, 3.05) is 20.8 Å². The van der Waals surface area contributed by atoms with Gasteiger partial charge in [0.25, 0.3) is 15.9 Å². The Bertz CT molecular complexity index is 2620. The van der Waals surface area contributed by atoms with E-state index in [1.807, 2.05) is 49.7 Å². The molecule has 3 aromatic carbocycles. The molecule has 0 atom stereocenters.